The first-order valence-electron chi connectivity index (χ1n) is 24.0. The van der Waals surface area contributed by atoms with Gasteiger partial charge in [-0.25, -0.2) is 28.9 Å². The third-order valence-corrected chi connectivity index (χ3v) is 18.0. The summed E-state index contributed by atoms with van der Waals surface area (Å²) in [5.74, 6) is 0.895. The van der Waals surface area contributed by atoms with Crippen LogP contribution in [0.2, 0.25) is 19.1 Å². The lowest BCUT2D eigenvalue weighted by Gasteiger charge is -2.30. The number of aromatic nitrogens is 6. The number of rotatable bonds is 12. The van der Waals surface area contributed by atoms with Gasteiger partial charge in [-0.05, 0) is 73.9 Å². The van der Waals surface area contributed by atoms with Gasteiger partial charge in [0.25, 0.3) is 0 Å². The SMILES string of the molecule is COC(=O)N[C@H](C(=O)N1CCC[C@H]1c1ncc(-c2cc(F)c3c(c2)O[C@@H](c2cnc(C4CC4)s2)n2c-3cc3cc(-c4cnc([C@@H]5C[Si](C)(C)CN5C(=O)[C@@H](NC(=O)OC)C(C)C)[nH]4)ccc32)[nH]1)C(C)C. The van der Waals surface area contributed by atoms with Crippen LogP contribution in [0.4, 0.5) is 14.0 Å². The molecule has 2 aromatic carbocycles. The molecule has 6 aromatic rings. The van der Waals surface area contributed by atoms with Crippen molar-refractivity contribution in [1.82, 2.24) is 49.9 Å². The molecule has 368 valence electrons. The van der Waals surface area contributed by atoms with Gasteiger partial charge in [0, 0.05) is 41.3 Å². The zero-order chi connectivity index (χ0) is 49.3. The molecule has 5 atom stereocenters. The Morgan fingerprint density at radius 2 is 1.46 bits per heavy atom. The Bertz CT molecular complexity index is 3010. The van der Waals surface area contributed by atoms with E-state index in [9.17, 15) is 19.2 Å². The van der Waals surface area contributed by atoms with Gasteiger partial charge in [0.15, 0.2) is 0 Å². The first-order valence-corrected chi connectivity index (χ1v) is 28.3. The van der Waals surface area contributed by atoms with E-state index in [4.69, 9.17) is 29.2 Å². The van der Waals surface area contributed by atoms with Crippen molar-refractivity contribution in [3.05, 3.63) is 82.3 Å². The zero-order valence-electron chi connectivity index (χ0n) is 40.6. The van der Waals surface area contributed by atoms with Gasteiger partial charge in [0.05, 0.1) is 84.8 Å². The minimum absolute atomic E-state index is 0.158. The number of likely N-dealkylation sites (tertiary alicyclic amines) is 1. The van der Waals surface area contributed by atoms with E-state index in [1.807, 2.05) is 63.1 Å². The third-order valence-electron chi connectivity index (χ3n) is 14.1. The number of alkyl carbamates (subject to hydrolysis) is 2. The number of thiazole rings is 1. The lowest BCUT2D eigenvalue weighted by molar-refractivity contribution is -0.136. The molecule has 20 heteroatoms. The Labute approximate surface area is 409 Å². The summed E-state index contributed by atoms with van der Waals surface area (Å²) in [4.78, 5) is 78.2. The van der Waals surface area contributed by atoms with Crippen LogP contribution >= 0.6 is 11.3 Å². The molecule has 0 unspecified atom stereocenters. The highest BCUT2D eigenvalue weighted by Crippen LogP contribution is 2.50. The van der Waals surface area contributed by atoms with Crippen LogP contribution in [0.15, 0.2) is 55.0 Å². The average Bonchev–Trinajstić information content (AvgIpc) is 4.01. The fourth-order valence-corrected chi connectivity index (χ4v) is 14.3. The molecule has 4 aliphatic rings. The van der Waals surface area contributed by atoms with E-state index < -0.39 is 44.4 Å². The maximum absolute atomic E-state index is 17.0. The van der Waals surface area contributed by atoms with Crippen LogP contribution in [-0.4, -0.2) is 110 Å². The molecule has 0 bridgehead atoms. The van der Waals surface area contributed by atoms with Gasteiger partial charge in [0.2, 0.25) is 18.0 Å². The van der Waals surface area contributed by atoms with Crippen LogP contribution in [0.5, 0.6) is 5.75 Å². The van der Waals surface area contributed by atoms with E-state index in [1.165, 1.54) is 20.3 Å². The maximum atomic E-state index is 17.0. The number of hydrogen-bond acceptors (Lipinski definition) is 11. The van der Waals surface area contributed by atoms with Crippen molar-refractivity contribution in [1.29, 1.82) is 0 Å². The quantitative estimate of drug-likeness (QED) is 0.0857. The van der Waals surface area contributed by atoms with Crippen LogP contribution in [0.1, 0.15) is 99.1 Å². The number of amides is 4. The number of fused-ring (bicyclic) bond motifs is 5. The number of carbonyl (C=O) groups excluding carboxylic acids is 4. The van der Waals surface area contributed by atoms with Crippen molar-refractivity contribution in [2.24, 2.45) is 11.8 Å². The molecule has 3 aliphatic heterocycles. The standard InChI is InChI=1S/C50H59FN10O7SSi/c1-25(2)41(57-49(64)66-5)46(62)59-15-9-10-35(59)43-52-21-33(56-43)29-17-31(51)40-36-18-30-16-28(13-14-34(30)61(36)48(68-38(40)19-29)39-22-54-45(69-39)27-11-12-27)32-20-53-44(55-32)37-23-70(7,8)24-60(37)47(63)42(26(3)4)58-50(65)67-6/h13-14,16-22,25-27,35,37,41-42,48H,9-12,15,23-24H2,1-8H3,(H,52,56)(H,53,55)(H,57,64)(H,58,65)/t35-,37-,41-,42-,48-/m0/s1. The second-order valence-corrected chi connectivity index (χ2v) is 26.6. The minimum Gasteiger partial charge on any atom is -0.464 e. The number of nitrogens with one attached hydrogen (secondary N) is 4. The summed E-state index contributed by atoms with van der Waals surface area (Å²) < 4.78 is 35.5. The Balaban J connectivity index is 0.972. The number of benzene rings is 2. The predicted octanol–water partition coefficient (Wildman–Crippen LogP) is 9.06. The largest absolute Gasteiger partial charge is 0.464 e. The molecule has 17 nitrogen and oxygen atoms in total. The van der Waals surface area contributed by atoms with E-state index >= 15 is 4.39 Å². The molecule has 10 rings (SSSR count). The molecule has 4 N–H and O–H groups in total. The van der Waals surface area contributed by atoms with Gasteiger partial charge in [-0.3, -0.25) is 14.2 Å². The van der Waals surface area contributed by atoms with Gasteiger partial charge < -0.3 is 44.6 Å². The van der Waals surface area contributed by atoms with Gasteiger partial charge in [0.1, 0.15) is 35.3 Å². The average molecular weight is 991 g/mol. The Kier molecular flexibility index (Phi) is 12.3. The molecule has 2 saturated heterocycles. The van der Waals surface area contributed by atoms with Crippen molar-refractivity contribution >= 4 is 54.3 Å². The highest BCUT2D eigenvalue weighted by Gasteiger charge is 2.46. The summed E-state index contributed by atoms with van der Waals surface area (Å²) in [5, 5.41) is 7.38. The molecule has 1 saturated carbocycles. The van der Waals surface area contributed by atoms with Crippen LogP contribution in [0.3, 0.4) is 0 Å². The number of halogens is 1. The predicted molar refractivity (Wildman–Crippen MR) is 264 cm³/mol. The maximum Gasteiger partial charge on any atom is 0.407 e. The molecule has 70 heavy (non-hydrogen) atoms. The number of hydrogen-bond donors (Lipinski definition) is 4. The number of ether oxygens (including phenoxy) is 3. The number of nitrogens with zero attached hydrogens (tertiary/aromatic N) is 6. The van der Waals surface area contributed by atoms with Crippen LogP contribution in [-0.2, 0) is 19.1 Å². The van der Waals surface area contributed by atoms with E-state index in [-0.39, 0.29) is 35.7 Å². The molecule has 7 heterocycles. The molecule has 4 amide bonds. The number of imidazole rings is 2. The van der Waals surface area contributed by atoms with Crippen molar-refractivity contribution in [3.63, 3.8) is 0 Å². The summed E-state index contributed by atoms with van der Waals surface area (Å²) in [5.41, 5.74) is 4.59. The second-order valence-electron chi connectivity index (χ2n) is 20.5. The lowest BCUT2D eigenvalue weighted by Crippen LogP contribution is -2.52. The number of aromatic amines is 2. The Morgan fingerprint density at radius 1 is 0.814 bits per heavy atom. The summed E-state index contributed by atoms with van der Waals surface area (Å²) >= 11 is 1.62. The monoisotopic (exact) mass is 990 g/mol. The lowest BCUT2D eigenvalue weighted by atomic mass is 10.0. The first-order chi connectivity index (χ1) is 33.5. The van der Waals surface area contributed by atoms with Crippen LogP contribution in [0.25, 0.3) is 44.7 Å². The molecule has 4 aromatic heterocycles. The second kappa shape index (κ2) is 18.3. The fraction of sp³-hybridized carbons (Fsp3) is 0.460. The number of H-pyrrole nitrogens is 2. The van der Waals surface area contributed by atoms with Gasteiger partial charge in [-0.1, -0.05) is 46.9 Å². The highest BCUT2D eigenvalue weighted by atomic mass is 32.1. The summed E-state index contributed by atoms with van der Waals surface area (Å²) in [6.45, 7) is 12.6. The Morgan fingerprint density at radius 3 is 2.10 bits per heavy atom. The van der Waals surface area contributed by atoms with Gasteiger partial charge in [-0.15, -0.1) is 11.3 Å². The first kappa shape index (κ1) is 47.1. The summed E-state index contributed by atoms with van der Waals surface area (Å²) in [7, 11) is 0.708. The molecular formula is C50H59FN10O7SSi. The zero-order valence-corrected chi connectivity index (χ0v) is 42.4. The molecule has 3 fully saturated rings. The summed E-state index contributed by atoms with van der Waals surface area (Å²) in [6, 6.07) is 10.1. The van der Waals surface area contributed by atoms with E-state index in [0.717, 1.165) is 57.4 Å². The van der Waals surface area contributed by atoms with E-state index in [2.05, 4.69) is 44.3 Å². The van der Waals surface area contributed by atoms with Crippen LogP contribution in [0, 0.1) is 17.7 Å². The Hall–Kier alpha value is -6.54. The summed E-state index contributed by atoms with van der Waals surface area (Å²) in [6.07, 6.45) is 7.65. The van der Waals surface area contributed by atoms with Crippen molar-refractivity contribution in [3.8, 4) is 39.5 Å². The minimum atomic E-state index is -1.85. The molecular weight excluding hydrogens is 932 g/mol. The smallest absolute Gasteiger partial charge is 0.407 e. The fourth-order valence-electron chi connectivity index (χ4n) is 10.3. The number of carbonyl (C=O) groups is 4. The van der Waals surface area contributed by atoms with Crippen molar-refractivity contribution < 1.29 is 37.8 Å². The van der Waals surface area contributed by atoms with E-state index in [0.29, 0.717) is 65.0 Å². The topological polar surface area (TPSA) is 202 Å². The van der Waals surface area contributed by atoms with Gasteiger partial charge in [-0.2, -0.15) is 0 Å². The highest BCUT2D eigenvalue weighted by molar-refractivity contribution is 7.11. The van der Waals surface area contributed by atoms with Crippen LogP contribution < -0.4 is 15.4 Å². The molecule has 1 aliphatic carbocycles. The van der Waals surface area contributed by atoms with E-state index in [1.54, 1.807) is 28.6 Å². The molecule has 0 radical (unpaired) electrons. The molecule has 0 spiro atoms. The van der Waals surface area contributed by atoms with Crippen molar-refractivity contribution in [2.45, 2.75) is 109 Å². The third kappa shape index (κ3) is 8.72. The van der Waals surface area contributed by atoms with Crippen molar-refractivity contribution in [2.75, 3.05) is 26.9 Å². The normalized spacial score (nSPS) is 20.3. The van der Waals surface area contributed by atoms with Gasteiger partial charge >= 0.3 is 12.2 Å². The number of methoxy groups -OCH3 is 2.